The van der Waals surface area contributed by atoms with Crippen molar-refractivity contribution in [2.75, 3.05) is 0 Å². The predicted octanol–water partition coefficient (Wildman–Crippen LogP) is 3.17. The van der Waals surface area contributed by atoms with E-state index in [-0.39, 0.29) is 5.41 Å². The number of fused-ring (bicyclic) bond motifs is 1. The van der Waals surface area contributed by atoms with Gasteiger partial charge in [-0.25, -0.2) is 0 Å². The maximum Gasteiger partial charge on any atom is 0.0653 e. The summed E-state index contributed by atoms with van der Waals surface area (Å²) in [5.41, 5.74) is 4.03. The van der Waals surface area contributed by atoms with Crippen molar-refractivity contribution in [3.05, 3.63) is 29.5 Å². The molecule has 2 nitrogen and oxygen atoms in total. The number of hydrogen-bond acceptors (Lipinski definition) is 1. The molecule has 0 saturated heterocycles. The van der Waals surface area contributed by atoms with Gasteiger partial charge in [-0.15, -0.1) is 0 Å². The third kappa shape index (κ3) is 1.31. The Morgan fingerprint density at radius 2 is 1.93 bits per heavy atom. The van der Waals surface area contributed by atoms with Gasteiger partial charge in [0.1, 0.15) is 0 Å². The van der Waals surface area contributed by atoms with Gasteiger partial charge in [0.25, 0.3) is 0 Å². The van der Waals surface area contributed by atoms with Crippen LogP contribution in [-0.2, 0) is 5.41 Å². The molecule has 0 bridgehead atoms. The first-order chi connectivity index (χ1) is 6.50. The lowest BCUT2D eigenvalue weighted by atomic mass is 9.82. The van der Waals surface area contributed by atoms with Crippen LogP contribution in [-0.4, -0.2) is 10.2 Å². The number of aryl methyl sites for hydroxylation is 1. The lowest BCUT2D eigenvalue weighted by Crippen LogP contribution is -2.13. The summed E-state index contributed by atoms with van der Waals surface area (Å²) in [6.45, 7) is 8.87. The zero-order chi connectivity index (χ0) is 10.3. The van der Waals surface area contributed by atoms with E-state index in [1.807, 2.05) is 6.20 Å². The fourth-order valence-electron chi connectivity index (χ4n) is 2.12. The molecular weight excluding hydrogens is 172 g/mol. The molecule has 0 amide bonds. The highest BCUT2D eigenvalue weighted by molar-refractivity contribution is 5.83. The van der Waals surface area contributed by atoms with Gasteiger partial charge >= 0.3 is 0 Å². The lowest BCUT2D eigenvalue weighted by Gasteiger charge is -2.22. The van der Waals surface area contributed by atoms with Gasteiger partial charge in [0.2, 0.25) is 0 Å². The van der Waals surface area contributed by atoms with Crippen LogP contribution in [0.5, 0.6) is 0 Å². The molecule has 14 heavy (non-hydrogen) atoms. The molecule has 74 valence electrons. The Morgan fingerprint density at radius 1 is 1.21 bits per heavy atom. The fraction of sp³-hybridized carbons (Fsp3) is 0.417. The summed E-state index contributed by atoms with van der Waals surface area (Å²) in [6, 6.07) is 4.24. The van der Waals surface area contributed by atoms with E-state index in [0.717, 1.165) is 5.52 Å². The Labute approximate surface area is 84.3 Å². The molecule has 0 aliphatic rings. The third-order valence-electron chi connectivity index (χ3n) is 2.58. The molecule has 1 aromatic carbocycles. The second kappa shape index (κ2) is 2.84. The molecule has 0 spiro atoms. The standard InChI is InChI=1S/C12H16N2/c1-8-5-6-10-9(7-13-14-10)11(8)12(2,3)4/h5-7H,1-4H3,(H,13,14). The van der Waals surface area contributed by atoms with E-state index >= 15 is 0 Å². The summed E-state index contributed by atoms with van der Waals surface area (Å²) >= 11 is 0. The summed E-state index contributed by atoms with van der Waals surface area (Å²) in [6.07, 6.45) is 1.92. The number of benzene rings is 1. The summed E-state index contributed by atoms with van der Waals surface area (Å²) in [5, 5.41) is 8.35. The minimum absolute atomic E-state index is 0.174. The Bertz CT molecular complexity index is 461. The average molecular weight is 188 g/mol. The van der Waals surface area contributed by atoms with Crippen LogP contribution >= 0.6 is 0 Å². The highest BCUT2D eigenvalue weighted by Crippen LogP contribution is 2.31. The summed E-state index contributed by atoms with van der Waals surface area (Å²) in [4.78, 5) is 0. The number of hydrogen-bond donors (Lipinski definition) is 1. The first kappa shape index (κ1) is 9.25. The molecule has 1 aromatic heterocycles. The number of rotatable bonds is 0. The normalized spacial score (nSPS) is 12.3. The Hall–Kier alpha value is -1.31. The summed E-state index contributed by atoms with van der Waals surface area (Å²) in [5.74, 6) is 0. The second-order valence-electron chi connectivity index (χ2n) is 4.84. The molecular formula is C12H16N2. The second-order valence-corrected chi connectivity index (χ2v) is 4.84. The molecule has 0 saturated carbocycles. The van der Waals surface area contributed by atoms with Crippen molar-refractivity contribution in [2.24, 2.45) is 0 Å². The van der Waals surface area contributed by atoms with Crippen LogP contribution in [0.1, 0.15) is 31.9 Å². The maximum atomic E-state index is 4.09. The number of H-pyrrole nitrogens is 1. The van der Waals surface area contributed by atoms with Gasteiger partial charge in [-0.2, -0.15) is 5.10 Å². The van der Waals surface area contributed by atoms with Gasteiger partial charge in [-0.3, -0.25) is 5.10 Å². The third-order valence-corrected chi connectivity index (χ3v) is 2.58. The fourth-order valence-corrected chi connectivity index (χ4v) is 2.12. The molecule has 0 unspecified atom stereocenters. The quantitative estimate of drug-likeness (QED) is 0.676. The van der Waals surface area contributed by atoms with Gasteiger partial charge in [0.15, 0.2) is 0 Å². The minimum atomic E-state index is 0.174. The van der Waals surface area contributed by atoms with Crippen molar-refractivity contribution in [1.82, 2.24) is 10.2 Å². The SMILES string of the molecule is Cc1ccc2[nH]ncc2c1C(C)(C)C. The van der Waals surface area contributed by atoms with E-state index in [1.54, 1.807) is 0 Å². The largest absolute Gasteiger partial charge is 0.278 e. The summed E-state index contributed by atoms with van der Waals surface area (Å²) < 4.78 is 0. The van der Waals surface area contributed by atoms with Gasteiger partial charge in [-0.05, 0) is 29.5 Å². The lowest BCUT2D eigenvalue weighted by molar-refractivity contribution is 0.592. The molecule has 2 heteroatoms. The minimum Gasteiger partial charge on any atom is -0.278 e. The van der Waals surface area contributed by atoms with Crippen molar-refractivity contribution in [2.45, 2.75) is 33.1 Å². The van der Waals surface area contributed by atoms with E-state index in [2.05, 4.69) is 50.0 Å². The van der Waals surface area contributed by atoms with Crippen LogP contribution in [0.2, 0.25) is 0 Å². The number of aromatic nitrogens is 2. The average Bonchev–Trinajstić information content (AvgIpc) is 2.48. The topological polar surface area (TPSA) is 28.7 Å². The number of nitrogens with zero attached hydrogens (tertiary/aromatic N) is 1. The molecule has 1 N–H and O–H groups in total. The first-order valence-corrected chi connectivity index (χ1v) is 4.93. The molecule has 1 heterocycles. The van der Waals surface area contributed by atoms with Gasteiger partial charge in [-0.1, -0.05) is 26.8 Å². The van der Waals surface area contributed by atoms with E-state index < -0.39 is 0 Å². The van der Waals surface area contributed by atoms with Crippen LogP contribution in [0.4, 0.5) is 0 Å². The monoisotopic (exact) mass is 188 g/mol. The van der Waals surface area contributed by atoms with Gasteiger partial charge in [0.05, 0.1) is 11.7 Å². The molecule has 2 rings (SSSR count). The number of aromatic amines is 1. The molecule has 0 aliphatic carbocycles. The van der Waals surface area contributed by atoms with Crippen molar-refractivity contribution in [3.8, 4) is 0 Å². The van der Waals surface area contributed by atoms with Gasteiger partial charge < -0.3 is 0 Å². The summed E-state index contributed by atoms with van der Waals surface area (Å²) in [7, 11) is 0. The van der Waals surface area contributed by atoms with E-state index in [0.29, 0.717) is 0 Å². The molecule has 0 aliphatic heterocycles. The van der Waals surface area contributed by atoms with Crippen molar-refractivity contribution >= 4 is 10.9 Å². The smallest absolute Gasteiger partial charge is 0.0653 e. The molecule has 0 atom stereocenters. The van der Waals surface area contributed by atoms with E-state index in [1.165, 1.54) is 16.5 Å². The van der Waals surface area contributed by atoms with Crippen LogP contribution in [0, 0.1) is 6.92 Å². The van der Waals surface area contributed by atoms with Crippen LogP contribution in [0.3, 0.4) is 0 Å². The van der Waals surface area contributed by atoms with Crippen LogP contribution in [0.15, 0.2) is 18.3 Å². The van der Waals surface area contributed by atoms with Crippen LogP contribution < -0.4 is 0 Å². The van der Waals surface area contributed by atoms with E-state index in [9.17, 15) is 0 Å². The first-order valence-electron chi connectivity index (χ1n) is 4.93. The number of nitrogens with one attached hydrogen (secondary N) is 1. The zero-order valence-electron chi connectivity index (χ0n) is 9.18. The highest BCUT2D eigenvalue weighted by Gasteiger charge is 2.19. The Balaban J connectivity index is 2.83. The van der Waals surface area contributed by atoms with Crippen LogP contribution in [0.25, 0.3) is 10.9 Å². The molecule has 0 fully saturated rings. The predicted molar refractivity (Wildman–Crippen MR) is 59.5 cm³/mol. The zero-order valence-corrected chi connectivity index (χ0v) is 9.18. The Kier molecular flexibility index (Phi) is 1.88. The van der Waals surface area contributed by atoms with E-state index in [4.69, 9.17) is 0 Å². The van der Waals surface area contributed by atoms with Gasteiger partial charge in [0, 0.05) is 5.39 Å². The maximum absolute atomic E-state index is 4.09. The molecule has 0 radical (unpaired) electrons. The highest BCUT2D eigenvalue weighted by atomic mass is 15.1. The van der Waals surface area contributed by atoms with Crippen molar-refractivity contribution in [3.63, 3.8) is 0 Å². The van der Waals surface area contributed by atoms with Crippen molar-refractivity contribution in [1.29, 1.82) is 0 Å². The molecule has 2 aromatic rings. The Morgan fingerprint density at radius 3 is 2.57 bits per heavy atom. The van der Waals surface area contributed by atoms with Crippen molar-refractivity contribution < 1.29 is 0 Å².